The fraction of sp³-hybridized carbons (Fsp3) is 0.375. The Kier molecular flexibility index (Phi) is 10.0. The molecule has 0 aliphatic heterocycles. The first-order valence-corrected chi connectivity index (χ1v) is 10.3. The van der Waals surface area contributed by atoms with Crippen molar-refractivity contribution in [2.75, 3.05) is 19.5 Å². The number of rotatable bonds is 6. The standard InChI is InChI=1S/C20H21FN2O4.2C2H6/c1-20(2,24)11-26-19-10-15-13(9-18(19)25-3)16(6-7-23-15)27-17-5-4-12(22)8-14(17)21;2*1-2/h4-10,24H,11,22H2,1-3H3;2*1-2H3. The molecular weight excluding hydrogens is 399 g/mol. The highest BCUT2D eigenvalue weighted by Crippen LogP contribution is 2.37. The van der Waals surface area contributed by atoms with Crippen LogP contribution in [0.25, 0.3) is 10.9 Å². The summed E-state index contributed by atoms with van der Waals surface area (Å²) in [5.41, 5.74) is 5.47. The van der Waals surface area contributed by atoms with Crippen molar-refractivity contribution >= 4 is 16.6 Å². The molecule has 7 heteroatoms. The van der Waals surface area contributed by atoms with E-state index < -0.39 is 11.4 Å². The Hall–Kier alpha value is -3.06. The molecule has 0 bridgehead atoms. The summed E-state index contributed by atoms with van der Waals surface area (Å²) in [5.74, 6) is 0.795. The molecule has 0 saturated carbocycles. The number of nitrogen functional groups attached to an aromatic ring is 1. The van der Waals surface area contributed by atoms with Crippen LogP contribution in [0.3, 0.4) is 0 Å². The summed E-state index contributed by atoms with van der Waals surface area (Å²) in [5, 5.41) is 10.5. The SMILES string of the molecule is CC.CC.COc1cc2c(Oc3ccc(N)cc3F)ccnc2cc1OCC(C)(C)O. The average Bonchev–Trinajstić information content (AvgIpc) is 2.76. The van der Waals surface area contributed by atoms with E-state index in [1.165, 1.54) is 19.2 Å². The number of benzene rings is 2. The molecule has 0 unspecified atom stereocenters. The van der Waals surface area contributed by atoms with Gasteiger partial charge in [0.1, 0.15) is 12.4 Å². The molecule has 0 saturated heterocycles. The second kappa shape index (κ2) is 12.0. The summed E-state index contributed by atoms with van der Waals surface area (Å²) in [6, 6.07) is 9.25. The van der Waals surface area contributed by atoms with Gasteiger partial charge in [-0.1, -0.05) is 27.7 Å². The molecule has 1 heterocycles. The van der Waals surface area contributed by atoms with Gasteiger partial charge >= 0.3 is 0 Å². The van der Waals surface area contributed by atoms with Gasteiger partial charge in [0.2, 0.25) is 0 Å². The normalized spacial score (nSPS) is 10.4. The number of anilines is 1. The maximum Gasteiger partial charge on any atom is 0.167 e. The molecular formula is C24H33FN2O4. The van der Waals surface area contributed by atoms with Crippen molar-refractivity contribution in [2.45, 2.75) is 47.1 Å². The zero-order valence-electron chi connectivity index (χ0n) is 19.3. The lowest BCUT2D eigenvalue weighted by Gasteiger charge is -2.19. The van der Waals surface area contributed by atoms with E-state index in [9.17, 15) is 9.50 Å². The van der Waals surface area contributed by atoms with E-state index in [1.807, 2.05) is 27.7 Å². The van der Waals surface area contributed by atoms with Gasteiger partial charge in [-0.2, -0.15) is 0 Å². The highest BCUT2D eigenvalue weighted by atomic mass is 19.1. The van der Waals surface area contributed by atoms with E-state index in [2.05, 4.69) is 4.98 Å². The summed E-state index contributed by atoms with van der Waals surface area (Å²) in [6.07, 6.45) is 1.55. The number of aliphatic hydroxyl groups is 1. The minimum Gasteiger partial charge on any atom is -0.493 e. The number of aromatic nitrogens is 1. The Balaban J connectivity index is 0.00000113. The quantitative estimate of drug-likeness (QED) is 0.468. The average molecular weight is 433 g/mol. The predicted octanol–water partition coefficient (Wildman–Crippen LogP) is 5.96. The molecule has 0 aliphatic rings. The van der Waals surface area contributed by atoms with E-state index in [0.717, 1.165) is 0 Å². The highest BCUT2D eigenvalue weighted by molar-refractivity contribution is 5.88. The lowest BCUT2D eigenvalue weighted by molar-refractivity contribution is 0.0277. The van der Waals surface area contributed by atoms with Crippen LogP contribution in [0.5, 0.6) is 23.0 Å². The van der Waals surface area contributed by atoms with Crippen molar-refractivity contribution in [3.63, 3.8) is 0 Å². The molecule has 0 aliphatic carbocycles. The Labute approximate surface area is 183 Å². The number of methoxy groups -OCH3 is 1. The van der Waals surface area contributed by atoms with Gasteiger partial charge < -0.3 is 25.1 Å². The van der Waals surface area contributed by atoms with Crippen LogP contribution >= 0.6 is 0 Å². The van der Waals surface area contributed by atoms with E-state index in [1.54, 1.807) is 44.3 Å². The predicted molar refractivity (Wildman–Crippen MR) is 124 cm³/mol. The van der Waals surface area contributed by atoms with E-state index >= 15 is 0 Å². The summed E-state index contributed by atoms with van der Waals surface area (Å²) in [7, 11) is 1.51. The van der Waals surface area contributed by atoms with Crippen LogP contribution in [-0.4, -0.2) is 29.4 Å². The van der Waals surface area contributed by atoms with Crippen molar-refractivity contribution in [3.8, 4) is 23.0 Å². The number of fused-ring (bicyclic) bond motifs is 1. The third-order valence-corrected chi connectivity index (χ3v) is 3.74. The largest absolute Gasteiger partial charge is 0.493 e. The summed E-state index contributed by atoms with van der Waals surface area (Å²) < 4.78 is 30.8. The molecule has 3 N–H and O–H groups in total. The van der Waals surface area contributed by atoms with Crippen LogP contribution < -0.4 is 19.9 Å². The van der Waals surface area contributed by atoms with Gasteiger partial charge in [-0.15, -0.1) is 0 Å². The number of halogens is 1. The third kappa shape index (κ3) is 7.29. The van der Waals surface area contributed by atoms with Crippen LogP contribution in [-0.2, 0) is 0 Å². The Bertz CT molecular complexity index is 972. The van der Waals surface area contributed by atoms with Crippen LogP contribution in [0.2, 0.25) is 0 Å². The second-order valence-corrected chi connectivity index (χ2v) is 6.72. The number of hydrogen-bond acceptors (Lipinski definition) is 6. The highest BCUT2D eigenvalue weighted by Gasteiger charge is 2.17. The minimum atomic E-state index is -0.995. The second-order valence-electron chi connectivity index (χ2n) is 6.72. The van der Waals surface area contributed by atoms with Crippen LogP contribution in [0.1, 0.15) is 41.5 Å². The van der Waals surface area contributed by atoms with Gasteiger partial charge in [-0.3, -0.25) is 4.98 Å². The van der Waals surface area contributed by atoms with Gasteiger partial charge in [0.25, 0.3) is 0 Å². The Morgan fingerprint density at radius 1 is 0.968 bits per heavy atom. The fourth-order valence-corrected chi connectivity index (χ4v) is 2.46. The summed E-state index contributed by atoms with van der Waals surface area (Å²) >= 11 is 0. The maximum absolute atomic E-state index is 14.1. The molecule has 0 fully saturated rings. The molecule has 3 rings (SSSR count). The first-order valence-electron chi connectivity index (χ1n) is 10.3. The lowest BCUT2D eigenvalue weighted by atomic mass is 10.1. The minimum absolute atomic E-state index is 0.0537. The molecule has 0 amide bonds. The van der Waals surface area contributed by atoms with Gasteiger partial charge in [0.05, 0.1) is 18.2 Å². The summed E-state index contributed by atoms with van der Waals surface area (Å²) in [4.78, 5) is 4.31. The fourth-order valence-electron chi connectivity index (χ4n) is 2.46. The first kappa shape index (κ1) is 26.0. The number of nitrogens with two attached hydrogens (primary N) is 1. The van der Waals surface area contributed by atoms with Crippen LogP contribution in [0.4, 0.5) is 10.1 Å². The zero-order valence-corrected chi connectivity index (χ0v) is 19.3. The number of nitrogens with zero attached hydrogens (tertiary/aromatic N) is 1. The van der Waals surface area contributed by atoms with E-state index in [4.69, 9.17) is 19.9 Å². The van der Waals surface area contributed by atoms with Crippen molar-refractivity contribution in [1.82, 2.24) is 4.98 Å². The monoisotopic (exact) mass is 432 g/mol. The van der Waals surface area contributed by atoms with Crippen molar-refractivity contribution < 1.29 is 23.7 Å². The molecule has 6 nitrogen and oxygen atoms in total. The lowest BCUT2D eigenvalue weighted by Crippen LogP contribution is -2.27. The van der Waals surface area contributed by atoms with Crippen molar-refractivity contribution in [1.29, 1.82) is 0 Å². The van der Waals surface area contributed by atoms with Crippen LogP contribution in [0.15, 0.2) is 42.6 Å². The number of pyridine rings is 1. The third-order valence-electron chi connectivity index (χ3n) is 3.74. The summed E-state index contributed by atoms with van der Waals surface area (Å²) in [6.45, 7) is 11.4. The molecule has 0 atom stereocenters. The molecule has 0 spiro atoms. The van der Waals surface area contributed by atoms with Crippen LogP contribution in [0, 0.1) is 5.82 Å². The molecule has 3 aromatic rings. The van der Waals surface area contributed by atoms with Gasteiger partial charge in [0, 0.05) is 29.4 Å². The van der Waals surface area contributed by atoms with E-state index in [0.29, 0.717) is 33.8 Å². The Morgan fingerprint density at radius 3 is 2.23 bits per heavy atom. The topological polar surface area (TPSA) is 86.8 Å². The van der Waals surface area contributed by atoms with E-state index in [-0.39, 0.29) is 12.4 Å². The molecule has 31 heavy (non-hydrogen) atoms. The smallest absolute Gasteiger partial charge is 0.167 e. The number of hydrogen-bond donors (Lipinski definition) is 2. The molecule has 170 valence electrons. The van der Waals surface area contributed by atoms with Crippen molar-refractivity contribution in [3.05, 3.63) is 48.4 Å². The van der Waals surface area contributed by atoms with Gasteiger partial charge in [-0.25, -0.2) is 4.39 Å². The first-order chi connectivity index (χ1) is 14.8. The Morgan fingerprint density at radius 2 is 1.65 bits per heavy atom. The zero-order chi connectivity index (χ0) is 23.6. The molecule has 2 aromatic carbocycles. The molecule has 1 aromatic heterocycles. The number of ether oxygens (including phenoxy) is 3. The van der Waals surface area contributed by atoms with Gasteiger partial charge in [0.15, 0.2) is 23.1 Å². The maximum atomic E-state index is 14.1. The van der Waals surface area contributed by atoms with Gasteiger partial charge in [-0.05, 0) is 38.1 Å². The molecule has 0 radical (unpaired) electrons. The van der Waals surface area contributed by atoms with Crippen molar-refractivity contribution in [2.24, 2.45) is 0 Å².